The van der Waals surface area contributed by atoms with Crippen LogP contribution in [0.15, 0.2) is 126 Å². The van der Waals surface area contributed by atoms with Crippen LogP contribution in [0.5, 0.6) is 0 Å². The van der Waals surface area contributed by atoms with Crippen molar-refractivity contribution < 1.29 is 0 Å². The van der Waals surface area contributed by atoms with Gasteiger partial charge in [-0.25, -0.2) is 0 Å². The Kier molecular flexibility index (Phi) is 5.21. The summed E-state index contributed by atoms with van der Waals surface area (Å²) in [6.45, 7) is 0. The summed E-state index contributed by atoms with van der Waals surface area (Å²) in [4.78, 5) is 2.34. The van der Waals surface area contributed by atoms with Gasteiger partial charge in [-0.2, -0.15) is 0 Å². The minimum Gasteiger partial charge on any atom is -0.310 e. The average Bonchev–Trinajstić information content (AvgIpc) is 3.26. The molecule has 0 radical (unpaired) electrons. The Morgan fingerprint density at radius 2 is 1.15 bits per heavy atom. The van der Waals surface area contributed by atoms with Crippen molar-refractivity contribution in [2.24, 2.45) is 0 Å². The number of anilines is 3. The summed E-state index contributed by atoms with van der Waals surface area (Å²) >= 11 is 5.64. The van der Waals surface area contributed by atoms with Crippen molar-refractivity contribution in [2.75, 3.05) is 4.90 Å². The van der Waals surface area contributed by atoms with Gasteiger partial charge in [-0.05, 0) is 42.5 Å². The third kappa shape index (κ3) is 3.54. The minimum atomic E-state index is 1.14. The van der Waals surface area contributed by atoms with Gasteiger partial charge < -0.3 is 4.90 Å². The molecule has 0 amide bonds. The van der Waals surface area contributed by atoms with E-state index in [0.717, 1.165) is 15.8 Å². The topological polar surface area (TPSA) is 3.24 Å². The first-order valence-corrected chi connectivity index (χ1v) is 12.5. The molecule has 6 rings (SSSR count). The van der Waals surface area contributed by atoms with Gasteiger partial charge in [-0.1, -0.05) is 94.8 Å². The van der Waals surface area contributed by atoms with Crippen molar-refractivity contribution in [3.63, 3.8) is 0 Å². The average molecular weight is 506 g/mol. The van der Waals surface area contributed by atoms with E-state index in [4.69, 9.17) is 0 Å². The third-order valence-electron chi connectivity index (χ3n) is 5.94. The maximum absolute atomic E-state index is 3.78. The molecule has 0 spiro atoms. The Hall–Kier alpha value is -3.40. The molecule has 0 aliphatic rings. The van der Waals surface area contributed by atoms with Gasteiger partial charge in [-0.3, -0.25) is 0 Å². The molecule has 0 unspecified atom stereocenters. The summed E-state index contributed by atoms with van der Waals surface area (Å²) in [7, 11) is 0. The van der Waals surface area contributed by atoms with Gasteiger partial charge in [0.15, 0.2) is 0 Å². The number of hydrogen-bond acceptors (Lipinski definition) is 2. The monoisotopic (exact) mass is 505 g/mol. The Morgan fingerprint density at radius 3 is 1.88 bits per heavy atom. The zero-order valence-electron chi connectivity index (χ0n) is 17.8. The number of nitrogens with zero attached hydrogens (tertiary/aromatic N) is 1. The minimum absolute atomic E-state index is 1.14. The van der Waals surface area contributed by atoms with Crippen LogP contribution in [0.3, 0.4) is 0 Å². The van der Waals surface area contributed by atoms with Gasteiger partial charge in [0.05, 0.1) is 5.69 Å². The number of rotatable bonds is 4. The van der Waals surface area contributed by atoms with E-state index in [9.17, 15) is 0 Å². The molecular weight excluding hydrogens is 486 g/mol. The van der Waals surface area contributed by atoms with Crippen LogP contribution in [0.25, 0.3) is 31.3 Å². The van der Waals surface area contributed by atoms with E-state index in [2.05, 4.69) is 142 Å². The number of benzene rings is 5. The van der Waals surface area contributed by atoms with Crippen LogP contribution in [-0.4, -0.2) is 0 Å². The quantitative estimate of drug-likeness (QED) is 0.230. The van der Waals surface area contributed by atoms with Crippen molar-refractivity contribution in [2.45, 2.75) is 0 Å². The Morgan fingerprint density at radius 1 is 0.545 bits per heavy atom. The lowest BCUT2D eigenvalue weighted by atomic mass is 9.99. The molecule has 0 saturated heterocycles. The molecule has 6 aromatic rings. The molecule has 158 valence electrons. The van der Waals surface area contributed by atoms with Gasteiger partial charge in [0.1, 0.15) is 0 Å². The highest BCUT2D eigenvalue weighted by molar-refractivity contribution is 9.10. The predicted molar refractivity (Wildman–Crippen MR) is 147 cm³/mol. The van der Waals surface area contributed by atoms with Gasteiger partial charge in [0, 0.05) is 47.1 Å². The smallest absolute Gasteiger partial charge is 0.0540 e. The molecule has 0 atom stereocenters. The second-order valence-corrected chi connectivity index (χ2v) is 9.83. The van der Waals surface area contributed by atoms with E-state index in [-0.39, 0.29) is 0 Å². The number of fused-ring (bicyclic) bond motifs is 3. The molecule has 0 saturated carbocycles. The van der Waals surface area contributed by atoms with Crippen LogP contribution < -0.4 is 4.90 Å². The van der Waals surface area contributed by atoms with E-state index >= 15 is 0 Å². The van der Waals surface area contributed by atoms with E-state index in [1.54, 1.807) is 0 Å². The van der Waals surface area contributed by atoms with Gasteiger partial charge in [0.2, 0.25) is 0 Å². The predicted octanol–water partition coefficient (Wildman–Crippen LogP) is 9.95. The van der Waals surface area contributed by atoms with Crippen LogP contribution in [0, 0.1) is 0 Å². The summed E-state index contributed by atoms with van der Waals surface area (Å²) < 4.78 is 3.76. The first kappa shape index (κ1) is 20.2. The van der Waals surface area contributed by atoms with Crippen LogP contribution in [0.2, 0.25) is 0 Å². The molecule has 1 aromatic heterocycles. The van der Waals surface area contributed by atoms with E-state index in [1.165, 1.54) is 37.0 Å². The fraction of sp³-hybridized carbons (Fsp3) is 0. The number of halogens is 1. The van der Waals surface area contributed by atoms with Crippen molar-refractivity contribution >= 4 is 64.5 Å². The molecule has 3 heteroatoms. The highest BCUT2D eigenvalue weighted by atomic mass is 79.9. The zero-order valence-corrected chi connectivity index (χ0v) is 20.2. The van der Waals surface area contributed by atoms with Gasteiger partial charge in [0.25, 0.3) is 0 Å². The lowest BCUT2D eigenvalue weighted by Gasteiger charge is -2.27. The summed E-state index contributed by atoms with van der Waals surface area (Å²) in [5, 5.41) is 2.58. The van der Waals surface area contributed by atoms with Crippen molar-refractivity contribution in [3.05, 3.63) is 126 Å². The third-order valence-corrected chi connectivity index (χ3v) is 7.80. The fourth-order valence-corrected chi connectivity index (χ4v) is 6.46. The summed E-state index contributed by atoms with van der Waals surface area (Å²) in [5.74, 6) is 0. The van der Waals surface area contributed by atoms with Crippen LogP contribution >= 0.6 is 27.3 Å². The van der Waals surface area contributed by atoms with Gasteiger partial charge in [-0.15, -0.1) is 11.3 Å². The molecule has 5 aromatic carbocycles. The Labute approximate surface area is 205 Å². The lowest BCUT2D eigenvalue weighted by Crippen LogP contribution is -2.10. The van der Waals surface area contributed by atoms with Crippen LogP contribution in [0.1, 0.15) is 0 Å². The Bertz CT molecular complexity index is 1530. The highest BCUT2D eigenvalue weighted by Gasteiger charge is 2.19. The molecule has 1 nitrogen and oxygen atoms in total. The second-order valence-electron chi connectivity index (χ2n) is 7.92. The summed E-state index contributed by atoms with van der Waals surface area (Å²) in [6.07, 6.45) is 0. The van der Waals surface area contributed by atoms with Gasteiger partial charge >= 0.3 is 0 Å². The molecule has 0 N–H and O–H groups in total. The standard InChI is InChI=1S/C30H20BrNS/c31-26-18-10-20-28-29(26)25-17-9-16-24(30(25)33-28)23-15-7-8-19-27(23)32(21-11-3-1-4-12-21)22-13-5-2-6-14-22/h1-20H. The first-order chi connectivity index (χ1) is 16.3. The SMILES string of the molecule is Brc1cccc2sc3c(-c4ccccc4N(c4ccccc4)c4ccccc4)cccc3c12. The number of thiophene rings is 1. The number of hydrogen-bond donors (Lipinski definition) is 0. The lowest BCUT2D eigenvalue weighted by molar-refractivity contribution is 1.28. The summed E-state index contributed by atoms with van der Waals surface area (Å²) in [6, 6.07) is 43.0. The maximum Gasteiger partial charge on any atom is 0.0540 e. The zero-order chi connectivity index (χ0) is 22.2. The molecule has 1 heterocycles. The van der Waals surface area contributed by atoms with Crippen LogP contribution in [0.4, 0.5) is 17.1 Å². The largest absolute Gasteiger partial charge is 0.310 e. The highest BCUT2D eigenvalue weighted by Crippen LogP contribution is 2.46. The first-order valence-electron chi connectivity index (χ1n) is 10.9. The van der Waals surface area contributed by atoms with Crippen molar-refractivity contribution in [1.82, 2.24) is 0 Å². The molecule has 33 heavy (non-hydrogen) atoms. The van der Waals surface area contributed by atoms with E-state index in [0.29, 0.717) is 0 Å². The fourth-order valence-electron chi connectivity index (χ4n) is 4.49. The second kappa shape index (κ2) is 8.51. The van der Waals surface area contributed by atoms with E-state index < -0.39 is 0 Å². The summed E-state index contributed by atoms with van der Waals surface area (Å²) in [5.41, 5.74) is 5.93. The molecule has 0 aliphatic heterocycles. The van der Waals surface area contributed by atoms with Crippen molar-refractivity contribution in [1.29, 1.82) is 0 Å². The Balaban J connectivity index is 1.63. The molecule has 0 aliphatic carbocycles. The molecule has 0 fully saturated rings. The molecule has 0 bridgehead atoms. The van der Waals surface area contributed by atoms with E-state index in [1.807, 2.05) is 11.3 Å². The normalized spacial score (nSPS) is 11.2. The number of para-hydroxylation sites is 3. The molecular formula is C30H20BrNS. The van der Waals surface area contributed by atoms with Crippen LogP contribution in [-0.2, 0) is 0 Å². The maximum atomic E-state index is 3.78. The van der Waals surface area contributed by atoms with Crippen molar-refractivity contribution in [3.8, 4) is 11.1 Å².